The molecular formula is C21H22N2O3. The normalized spacial score (nSPS) is 36.2. The third-order valence-electron chi connectivity index (χ3n) is 6.73. The minimum absolute atomic E-state index is 0.0121. The number of amides is 3. The molecule has 0 aromatic heterocycles. The van der Waals surface area contributed by atoms with Gasteiger partial charge in [0.05, 0.1) is 11.8 Å². The number of carbonyl (C=O) groups is 3. The predicted octanol–water partition coefficient (Wildman–Crippen LogP) is 2.36. The molecule has 26 heavy (non-hydrogen) atoms. The highest BCUT2D eigenvalue weighted by Crippen LogP contribution is 2.65. The van der Waals surface area contributed by atoms with Crippen LogP contribution in [0.4, 0.5) is 5.69 Å². The second-order valence-electron chi connectivity index (χ2n) is 8.19. The van der Waals surface area contributed by atoms with Crippen molar-refractivity contribution in [3.8, 4) is 0 Å². The standard InChI is InChI=1S/C21H22N2O3/c1-11-4-3-5-13(8-11)22(12(2)24)10-23-20(25)18-14-6-7-15(17-9-16(14)17)19(18)21(23)26/h3-8,14-19H,9-10H2,1-2H3/t14-,15-,16-,17-,18+,19+/m0/s1. The summed E-state index contributed by atoms with van der Waals surface area (Å²) >= 11 is 0. The van der Waals surface area contributed by atoms with Gasteiger partial charge in [-0.15, -0.1) is 0 Å². The third kappa shape index (κ3) is 2.06. The fraction of sp³-hybridized carbons (Fsp3) is 0.476. The molecule has 1 aromatic carbocycles. The molecule has 5 nitrogen and oxygen atoms in total. The van der Waals surface area contributed by atoms with E-state index in [0.717, 1.165) is 17.7 Å². The second kappa shape index (κ2) is 5.29. The maximum Gasteiger partial charge on any atom is 0.235 e. The average Bonchev–Trinajstić information content (AvgIpc) is 3.39. The van der Waals surface area contributed by atoms with Crippen LogP contribution in [0, 0.1) is 42.4 Å². The molecule has 134 valence electrons. The summed E-state index contributed by atoms with van der Waals surface area (Å²) in [7, 11) is 0. The van der Waals surface area contributed by atoms with Crippen LogP contribution in [0.3, 0.4) is 0 Å². The molecule has 1 aromatic rings. The van der Waals surface area contributed by atoms with Crippen LogP contribution in [0.15, 0.2) is 36.4 Å². The molecular weight excluding hydrogens is 328 g/mol. The summed E-state index contributed by atoms with van der Waals surface area (Å²) in [5.41, 5.74) is 1.75. The molecule has 6 atom stereocenters. The number of allylic oxidation sites excluding steroid dienone is 2. The van der Waals surface area contributed by atoms with Crippen LogP contribution in [0.1, 0.15) is 18.9 Å². The average molecular weight is 350 g/mol. The minimum Gasteiger partial charge on any atom is -0.294 e. The summed E-state index contributed by atoms with van der Waals surface area (Å²) in [6.45, 7) is 3.44. The number of hydrogen-bond donors (Lipinski definition) is 0. The SMILES string of the molecule is CC(=O)N(CN1C(=O)[C@@H]2[C@H]3C=C[C@@H]([C@@H]4C[C@@H]34)[C@H]2C1=O)c1cccc(C)c1. The number of rotatable bonds is 3. The van der Waals surface area contributed by atoms with Crippen LogP contribution < -0.4 is 4.90 Å². The van der Waals surface area contributed by atoms with Crippen molar-refractivity contribution in [1.82, 2.24) is 4.90 Å². The molecule has 1 aliphatic heterocycles. The first kappa shape index (κ1) is 15.8. The van der Waals surface area contributed by atoms with E-state index in [1.807, 2.05) is 31.2 Å². The van der Waals surface area contributed by atoms with Gasteiger partial charge in [0, 0.05) is 12.6 Å². The van der Waals surface area contributed by atoms with Crippen molar-refractivity contribution in [3.05, 3.63) is 42.0 Å². The predicted molar refractivity (Wildman–Crippen MR) is 95.8 cm³/mol. The Kier molecular flexibility index (Phi) is 3.21. The van der Waals surface area contributed by atoms with Crippen molar-refractivity contribution >= 4 is 23.4 Å². The Morgan fingerprint density at radius 2 is 1.73 bits per heavy atom. The van der Waals surface area contributed by atoms with Crippen LogP contribution in [0.2, 0.25) is 0 Å². The quantitative estimate of drug-likeness (QED) is 0.621. The van der Waals surface area contributed by atoms with Gasteiger partial charge in [0.1, 0.15) is 6.67 Å². The highest BCUT2D eigenvalue weighted by Gasteiger charge is 2.67. The molecule has 0 unspecified atom stereocenters. The molecule has 2 saturated carbocycles. The summed E-state index contributed by atoms with van der Waals surface area (Å²) in [5, 5.41) is 0. The Hall–Kier alpha value is -2.43. The van der Waals surface area contributed by atoms with Crippen molar-refractivity contribution in [2.45, 2.75) is 20.3 Å². The molecule has 5 aliphatic rings. The lowest BCUT2D eigenvalue weighted by atomic mass is 9.63. The number of benzene rings is 1. The van der Waals surface area contributed by atoms with E-state index in [9.17, 15) is 14.4 Å². The van der Waals surface area contributed by atoms with Gasteiger partial charge in [-0.25, -0.2) is 0 Å². The minimum atomic E-state index is -0.215. The Morgan fingerprint density at radius 3 is 2.27 bits per heavy atom. The van der Waals surface area contributed by atoms with Gasteiger partial charge >= 0.3 is 0 Å². The summed E-state index contributed by atoms with van der Waals surface area (Å²) in [4.78, 5) is 41.3. The molecule has 5 heteroatoms. The summed E-state index contributed by atoms with van der Waals surface area (Å²) in [5.74, 6) is 0.803. The zero-order chi connectivity index (χ0) is 18.2. The number of anilines is 1. The third-order valence-corrected chi connectivity index (χ3v) is 6.73. The smallest absolute Gasteiger partial charge is 0.235 e. The van der Waals surface area contributed by atoms with Gasteiger partial charge in [0.15, 0.2) is 0 Å². The Morgan fingerprint density at radius 1 is 1.12 bits per heavy atom. The lowest BCUT2D eigenvalue weighted by Gasteiger charge is -2.37. The zero-order valence-electron chi connectivity index (χ0n) is 15.0. The fourth-order valence-electron chi connectivity index (χ4n) is 5.46. The van der Waals surface area contributed by atoms with Crippen molar-refractivity contribution in [3.63, 3.8) is 0 Å². The largest absolute Gasteiger partial charge is 0.294 e. The van der Waals surface area contributed by atoms with E-state index in [1.54, 1.807) is 0 Å². The lowest BCUT2D eigenvalue weighted by molar-refractivity contribution is -0.140. The van der Waals surface area contributed by atoms with Gasteiger partial charge in [-0.3, -0.25) is 24.2 Å². The lowest BCUT2D eigenvalue weighted by Crippen LogP contribution is -2.44. The molecule has 3 amide bonds. The van der Waals surface area contributed by atoms with Gasteiger partial charge in [0.2, 0.25) is 17.7 Å². The molecule has 3 fully saturated rings. The maximum atomic E-state index is 13.1. The van der Waals surface area contributed by atoms with Gasteiger partial charge in [-0.1, -0.05) is 24.3 Å². The van der Waals surface area contributed by atoms with Gasteiger partial charge < -0.3 is 0 Å². The zero-order valence-corrected chi connectivity index (χ0v) is 15.0. The number of carbonyl (C=O) groups excluding carboxylic acids is 3. The Bertz CT molecular complexity index is 825. The topological polar surface area (TPSA) is 57.7 Å². The number of aryl methyl sites for hydroxylation is 1. The van der Waals surface area contributed by atoms with E-state index in [-0.39, 0.29) is 48.1 Å². The van der Waals surface area contributed by atoms with E-state index in [1.165, 1.54) is 16.7 Å². The van der Waals surface area contributed by atoms with Crippen molar-refractivity contribution in [1.29, 1.82) is 0 Å². The van der Waals surface area contributed by atoms with E-state index < -0.39 is 0 Å². The van der Waals surface area contributed by atoms with Gasteiger partial charge in [0.25, 0.3) is 0 Å². The van der Waals surface area contributed by atoms with Crippen LogP contribution >= 0.6 is 0 Å². The first-order valence-corrected chi connectivity index (χ1v) is 9.35. The number of likely N-dealkylation sites (tertiary alicyclic amines) is 1. The molecule has 1 saturated heterocycles. The van der Waals surface area contributed by atoms with Crippen molar-refractivity contribution in [2.24, 2.45) is 35.5 Å². The summed E-state index contributed by atoms with van der Waals surface area (Å²) < 4.78 is 0. The highest BCUT2D eigenvalue weighted by molar-refractivity contribution is 6.07. The Labute approximate surface area is 152 Å². The molecule has 2 bridgehead atoms. The molecule has 0 N–H and O–H groups in total. The van der Waals surface area contributed by atoms with Crippen LogP contribution in [0.25, 0.3) is 0 Å². The number of imide groups is 1. The number of hydrogen-bond acceptors (Lipinski definition) is 3. The van der Waals surface area contributed by atoms with E-state index in [0.29, 0.717) is 11.8 Å². The second-order valence-corrected chi connectivity index (χ2v) is 8.19. The monoisotopic (exact) mass is 350 g/mol. The molecule has 0 spiro atoms. The van der Waals surface area contributed by atoms with Gasteiger partial charge in [-0.05, 0) is 54.7 Å². The Balaban J connectivity index is 1.45. The van der Waals surface area contributed by atoms with E-state index >= 15 is 0 Å². The van der Waals surface area contributed by atoms with E-state index in [2.05, 4.69) is 12.2 Å². The number of nitrogens with zero attached hydrogens (tertiary/aromatic N) is 2. The highest BCUT2D eigenvalue weighted by atomic mass is 16.2. The van der Waals surface area contributed by atoms with Crippen molar-refractivity contribution < 1.29 is 14.4 Å². The van der Waals surface area contributed by atoms with Crippen molar-refractivity contribution in [2.75, 3.05) is 11.6 Å². The first-order valence-electron chi connectivity index (χ1n) is 9.35. The molecule has 0 radical (unpaired) electrons. The fourth-order valence-corrected chi connectivity index (χ4v) is 5.46. The summed E-state index contributed by atoms with van der Waals surface area (Å²) in [6.07, 6.45) is 5.48. The molecule has 6 rings (SSSR count). The van der Waals surface area contributed by atoms with Crippen LogP contribution in [0.5, 0.6) is 0 Å². The van der Waals surface area contributed by atoms with E-state index in [4.69, 9.17) is 0 Å². The van der Waals surface area contributed by atoms with Crippen LogP contribution in [-0.4, -0.2) is 29.3 Å². The molecule has 1 heterocycles. The van der Waals surface area contributed by atoms with Gasteiger partial charge in [-0.2, -0.15) is 0 Å². The maximum absolute atomic E-state index is 13.1. The summed E-state index contributed by atoms with van der Waals surface area (Å²) in [6, 6.07) is 7.58. The first-order chi connectivity index (χ1) is 12.5. The van der Waals surface area contributed by atoms with Crippen LogP contribution in [-0.2, 0) is 14.4 Å². The molecule has 4 aliphatic carbocycles.